The van der Waals surface area contributed by atoms with Gasteiger partial charge in [-0.3, -0.25) is 4.68 Å². The topological polar surface area (TPSA) is 95.7 Å². The van der Waals surface area contributed by atoms with E-state index in [4.69, 9.17) is 10.3 Å². The molecule has 9 heteroatoms. The van der Waals surface area contributed by atoms with Crippen LogP contribution in [0.25, 0.3) is 22.9 Å². The normalized spacial score (nSPS) is 11.0. The lowest BCUT2D eigenvalue weighted by molar-refractivity contribution is 0.421. The van der Waals surface area contributed by atoms with Crippen LogP contribution in [0.1, 0.15) is 11.1 Å². The van der Waals surface area contributed by atoms with Gasteiger partial charge in [-0.2, -0.15) is 5.10 Å². The molecule has 4 aromatic rings. The summed E-state index contributed by atoms with van der Waals surface area (Å²) in [6, 6.07) is 9.79. The highest BCUT2D eigenvalue weighted by molar-refractivity contribution is 5.63. The molecule has 136 valence electrons. The molecule has 0 aliphatic rings. The van der Waals surface area contributed by atoms with Crippen molar-refractivity contribution in [2.24, 2.45) is 0 Å². The number of hydrogen-bond donors (Lipinski definition) is 1. The molecule has 3 aromatic heterocycles. The summed E-state index contributed by atoms with van der Waals surface area (Å²) in [4.78, 5) is 8.22. The van der Waals surface area contributed by atoms with E-state index >= 15 is 0 Å². The number of aromatic nitrogens is 5. The maximum Gasteiger partial charge on any atom is 0.182 e. The Labute approximate surface area is 152 Å². The Kier molecular flexibility index (Phi) is 4.33. The average molecular weight is 368 g/mol. The zero-order valence-corrected chi connectivity index (χ0v) is 14.0. The third-order valence-corrected chi connectivity index (χ3v) is 4.03. The first-order valence-electron chi connectivity index (χ1n) is 8.05. The van der Waals surface area contributed by atoms with Crippen molar-refractivity contribution in [3.8, 4) is 22.9 Å². The highest BCUT2D eigenvalue weighted by atomic mass is 19.1. The quantitative estimate of drug-likeness (QED) is 0.581. The Morgan fingerprint density at radius 2 is 1.96 bits per heavy atom. The molecule has 0 aliphatic carbocycles. The van der Waals surface area contributed by atoms with Gasteiger partial charge >= 0.3 is 0 Å². The number of alkyl halides is 1. The number of rotatable bonds is 5. The first kappa shape index (κ1) is 16.8. The van der Waals surface area contributed by atoms with Crippen molar-refractivity contribution in [3.05, 3.63) is 65.8 Å². The molecule has 0 aliphatic heterocycles. The first-order chi connectivity index (χ1) is 13.2. The summed E-state index contributed by atoms with van der Waals surface area (Å²) in [5, 5.41) is 8.38. The molecule has 0 spiro atoms. The fourth-order valence-corrected chi connectivity index (χ4v) is 2.63. The van der Waals surface area contributed by atoms with Crippen molar-refractivity contribution in [1.82, 2.24) is 24.9 Å². The smallest absolute Gasteiger partial charge is 0.182 e. The van der Waals surface area contributed by atoms with Crippen LogP contribution in [0.3, 0.4) is 0 Å². The molecular weight excluding hydrogens is 354 g/mol. The third kappa shape index (κ3) is 3.26. The monoisotopic (exact) mass is 368 g/mol. The summed E-state index contributed by atoms with van der Waals surface area (Å²) in [6.45, 7) is -0.578. The van der Waals surface area contributed by atoms with Crippen molar-refractivity contribution >= 4 is 5.82 Å². The average Bonchev–Trinajstić information content (AvgIpc) is 3.33. The lowest BCUT2D eigenvalue weighted by atomic mass is 10.2. The number of nitrogens with zero attached hydrogens (tertiary/aromatic N) is 5. The second-order valence-corrected chi connectivity index (χ2v) is 5.79. The van der Waals surface area contributed by atoms with Gasteiger partial charge in [0, 0.05) is 23.4 Å². The molecule has 0 unspecified atom stereocenters. The van der Waals surface area contributed by atoms with Gasteiger partial charge in [0.2, 0.25) is 0 Å². The van der Waals surface area contributed by atoms with Gasteiger partial charge < -0.3 is 10.3 Å². The van der Waals surface area contributed by atoms with Gasteiger partial charge in [-0.05, 0) is 12.1 Å². The number of benzene rings is 1. The third-order valence-electron chi connectivity index (χ3n) is 4.03. The zero-order chi connectivity index (χ0) is 18.8. The highest BCUT2D eigenvalue weighted by Crippen LogP contribution is 2.25. The second kappa shape index (κ2) is 6.94. The zero-order valence-electron chi connectivity index (χ0n) is 14.0. The van der Waals surface area contributed by atoms with Crippen LogP contribution in [0.15, 0.2) is 53.4 Å². The van der Waals surface area contributed by atoms with Crippen LogP contribution in [0.4, 0.5) is 14.6 Å². The standard InChI is InChI=1S/C18H14F2N6O/c19-8-12-9-22-18(23-17(12)21)15-7-16(14-5-6-27-25-14)26(24-15)10-11-3-1-2-4-13(11)20/h1-7,9H,8,10H2,(H2,21,22,23). The summed E-state index contributed by atoms with van der Waals surface area (Å²) in [5.41, 5.74) is 7.95. The van der Waals surface area contributed by atoms with Gasteiger partial charge in [-0.1, -0.05) is 23.4 Å². The van der Waals surface area contributed by atoms with Crippen molar-refractivity contribution in [2.45, 2.75) is 13.2 Å². The van der Waals surface area contributed by atoms with Crippen LogP contribution < -0.4 is 5.73 Å². The van der Waals surface area contributed by atoms with Crippen molar-refractivity contribution < 1.29 is 13.3 Å². The number of nitrogens with two attached hydrogens (primary N) is 1. The van der Waals surface area contributed by atoms with Crippen LogP contribution in [0.2, 0.25) is 0 Å². The lowest BCUT2D eigenvalue weighted by Gasteiger charge is -2.06. The minimum Gasteiger partial charge on any atom is -0.383 e. The fraction of sp³-hybridized carbons (Fsp3) is 0.111. The number of hydrogen-bond acceptors (Lipinski definition) is 6. The van der Waals surface area contributed by atoms with Crippen LogP contribution in [0.5, 0.6) is 0 Å². The molecule has 27 heavy (non-hydrogen) atoms. The highest BCUT2D eigenvalue weighted by Gasteiger charge is 2.17. The van der Waals surface area contributed by atoms with E-state index in [0.717, 1.165) is 0 Å². The predicted molar refractivity (Wildman–Crippen MR) is 93.5 cm³/mol. The fourth-order valence-electron chi connectivity index (χ4n) is 2.63. The summed E-state index contributed by atoms with van der Waals surface area (Å²) in [5.74, 6) is -0.0516. The Hall–Kier alpha value is -3.62. The van der Waals surface area contributed by atoms with Crippen LogP contribution in [-0.2, 0) is 13.2 Å². The number of nitrogen functional groups attached to an aromatic ring is 1. The minimum atomic E-state index is -0.752. The van der Waals surface area contributed by atoms with Gasteiger partial charge in [0.15, 0.2) is 5.82 Å². The molecule has 0 saturated carbocycles. The van der Waals surface area contributed by atoms with Gasteiger partial charge in [-0.15, -0.1) is 0 Å². The molecule has 0 fully saturated rings. The Bertz CT molecular complexity index is 1080. The number of anilines is 1. The summed E-state index contributed by atoms with van der Waals surface area (Å²) in [6.07, 6.45) is 2.75. The van der Waals surface area contributed by atoms with Gasteiger partial charge in [0.05, 0.1) is 12.2 Å². The molecule has 0 atom stereocenters. The minimum absolute atomic E-state index is 0.0501. The molecule has 0 amide bonds. The number of halogens is 2. The van der Waals surface area contributed by atoms with Gasteiger partial charge in [-0.25, -0.2) is 18.7 Å². The van der Waals surface area contributed by atoms with E-state index in [-0.39, 0.29) is 29.6 Å². The van der Waals surface area contributed by atoms with Crippen LogP contribution in [-0.4, -0.2) is 24.9 Å². The molecule has 1 aromatic carbocycles. The Balaban J connectivity index is 1.78. The van der Waals surface area contributed by atoms with Gasteiger partial charge in [0.1, 0.15) is 36.0 Å². The molecule has 0 radical (unpaired) electrons. The molecule has 4 rings (SSSR count). The molecule has 0 bridgehead atoms. The molecule has 7 nitrogen and oxygen atoms in total. The second-order valence-electron chi connectivity index (χ2n) is 5.79. The van der Waals surface area contributed by atoms with E-state index in [1.165, 1.54) is 18.5 Å². The molecular formula is C18H14F2N6O. The molecule has 2 N–H and O–H groups in total. The molecule has 3 heterocycles. The van der Waals surface area contributed by atoms with Crippen molar-refractivity contribution in [3.63, 3.8) is 0 Å². The Morgan fingerprint density at radius 1 is 1.11 bits per heavy atom. The van der Waals surface area contributed by atoms with E-state index in [0.29, 0.717) is 22.6 Å². The maximum absolute atomic E-state index is 14.1. The van der Waals surface area contributed by atoms with Crippen LogP contribution >= 0.6 is 0 Å². The van der Waals surface area contributed by atoms with Gasteiger partial charge in [0.25, 0.3) is 0 Å². The lowest BCUT2D eigenvalue weighted by Crippen LogP contribution is -2.06. The summed E-state index contributed by atoms with van der Waals surface area (Å²) in [7, 11) is 0. The van der Waals surface area contributed by atoms with E-state index in [1.807, 2.05) is 0 Å². The van der Waals surface area contributed by atoms with Crippen LogP contribution in [0, 0.1) is 5.82 Å². The van der Waals surface area contributed by atoms with E-state index in [2.05, 4.69) is 20.2 Å². The first-order valence-corrected chi connectivity index (χ1v) is 8.05. The SMILES string of the molecule is Nc1nc(-c2cc(-c3ccon3)n(Cc3ccccc3F)n2)ncc1CF. The molecule has 0 saturated heterocycles. The predicted octanol–water partition coefficient (Wildman–Crippen LogP) is 3.23. The maximum atomic E-state index is 14.1. The van der Waals surface area contributed by atoms with E-state index in [9.17, 15) is 8.78 Å². The van der Waals surface area contributed by atoms with Crippen molar-refractivity contribution in [1.29, 1.82) is 0 Å². The van der Waals surface area contributed by atoms with E-state index in [1.54, 1.807) is 35.0 Å². The largest absolute Gasteiger partial charge is 0.383 e. The van der Waals surface area contributed by atoms with E-state index < -0.39 is 6.67 Å². The Morgan fingerprint density at radius 3 is 2.67 bits per heavy atom. The summed E-state index contributed by atoms with van der Waals surface area (Å²) >= 11 is 0. The van der Waals surface area contributed by atoms with Crippen molar-refractivity contribution in [2.75, 3.05) is 5.73 Å². The summed E-state index contributed by atoms with van der Waals surface area (Å²) < 4.78 is 33.4.